The summed E-state index contributed by atoms with van der Waals surface area (Å²) >= 11 is 4.04. The topological polar surface area (TPSA) is 151 Å². The van der Waals surface area contributed by atoms with Crippen molar-refractivity contribution in [2.24, 2.45) is 11.7 Å². The van der Waals surface area contributed by atoms with Crippen molar-refractivity contribution >= 4 is 36.3 Å². The smallest absolute Gasteiger partial charge is 0.322 e. The van der Waals surface area contributed by atoms with E-state index >= 15 is 0 Å². The minimum Gasteiger partial charge on any atom is -0.480 e. The molecule has 0 saturated heterocycles. The summed E-state index contributed by atoms with van der Waals surface area (Å²) in [5.74, 6) is -2.86. The second-order valence-corrected chi connectivity index (χ2v) is 7.71. The van der Waals surface area contributed by atoms with Gasteiger partial charge in [-0.2, -0.15) is 12.6 Å². The van der Waals surface area contributed by atoms with Crippen molar-refractivity contribution in [1.82, 2.24) is 16.0 Å². The van der Waals surface area contributed by atoms with E-state index in [2.05, 4.69) is 28.6 Å². The SMILES string of the molecule is CC(C)CC(NC(=O)C(N)Cc1ccccc1)C(=O)NC(CS)C(=O)NCC(=O)O. The van der Waals surface area contributed by atoms with Crippen LogP contribution in [0.1, 0.15) is 25.8 Å². The normalized spacial score (nSPS) is 13.8. The standard InChI is InChI=1S/C20H30N4O5S/c1-12(2)8-15(20(29)24-16(11-30)19(28)22-10-17(25)26)23-18(27)14(21)9-13-6-4-3-5-7-13/h3-7,12,14-16,30H,8-11,21H2,1-2H3,(H,22,28)(H,23,27)(H,24,29)(H,25,26). The molecule has 10 heteroatoms. The number of hydrogen-bond donors (Lipinski definition) is 6. The van der Waals surface area contributed by atoms with Crippen LogP contribution in [0, 0.1) is 5.92 Å². The Balaban J connectivity index is 2.76. The third-order valence-electron chi connectivity index (χ3n) is 4.20. The number of benzene rings is 1. The highest BCUT2D eigenvalue weighted by atomic mass is 32.1. The van der Waals surface area contributed by atoms with Gasteiger partial charge in [-0.3, -0.25) is 19.2 Å². The molecule has 1 aromatic rings. The van der Waals surface area contributed by atoms with Crippen molar-refractivity contribution in [3.05, 3.63) is 35.9 Å². The molecule has 1 rings (SSSR count). The van der Waals surface area contributed by atoms with Crippen LogP contribution in [0.4, 0.5) is 0 Å². The summed E-state index contributed by atoms with van der Waals surface area (Å²) in [6, 6.07) is 6.51. The maximum atomic E-state index is 12.7. The molecule has 3 unspecified atom stereocenters. The summed E-state index contributed by atoms with van der Waals surface area (Å²) in [6.07, 6.45) is 0.658. The quantitative estimate of drug-likeness (QED) is 0.247. The van der Waals surface area contributed by atoms with E-state index in [1.54, 1.807) is 0 Å². The average Bonchev–Trinajstić information content (AvgIpc) is 2.69. The summed E-state index contributed by atoms with van der Waals surface area (Å²) in [5.41, 5.74) is 6.89. The van der Waals surface area contributed by atoms with Crippen LogP contribution in [0.15, 0.2) is 30.3 Å². The molecule has 0 radical (unpaired) electrons. The summed E-state index contributed by atoms with van der Waals surface area (Å²) in [5, 5.41) is 16.0. The van der Waals surface area contributed by atoms with Gasteiger partial charge in [-0.25, -0.2) is 0 Å². The van der Waals surface area contributed by atoms with Crippen molar-refractivity contribution in [2.45, 2.75) is 44.8 Å². The van der Waals surface area contributed by atoms with Gasteiger partial charge < -0.3 is 26.8 Å². The molecular weight excluding hydrogens is 408 g/mol. The molecule has 0 aromatic heterocycles. The predicted octanol–water partition coefficient (Wildman–Crippen LogP) is -0.297. The molecule has 9 nitrogen and oxygen atoms in total. The van der Waals surface area contributed by atoms with Crippen LogP contribution >= 0.6 is 12.6 Å². The zero-order valence-corrected chi connectivity index (χ0v) is 18.0. The van der Waals surface area contributed by atoms with E-state index in [1.165, 1.54) is 0 Å². The number of aliphatic carboxylic acids is 1. The molecule has 6 N–H and O–H groups in total. The summed E-state index contributed by atoms with van der Waals surface area (Å²) < 4.78 is 0. The second-order valence-electron chi connectivity index (χ2n) is 7.34. The van der Waals surface area contributed by atoms with Gasteiger partial charge in [-0.15, -0.1) is 0 Å². The molecule has 3 amide bonds. The number of amides is 3. The molecule has 0 aliphatic heterocycles. The lowest BCUT2D eigenvalue weighted by Crippen LogP contribution is -2.57. The molecule has 0 spiro atoms. The highest BCUT2D eigenvalue weighted by Crippen LogP contribution is 2.07. The molecule has 30 heavy (non-hydrogen) atoms. The zero-order valence-electron chi connectivity index (χ0n) is 17.1. The third-order valence-corrected chi connectivity index (χ3v) is 4.57. The largest absolute Gasteiger partial charge is 0.480 e. The first-order valence-electron chi connectivity index (χ1n) is 9.64. The lowest BCUT2D eigenvalue weighted by Gasteiger charge is -2.24. The maximum Gasteiger partial charge on any atom is 0.322 e. The Bertz CT molecular complexity index is 729. The minimum absolute atomic E-state index is 0.0347. The summed E-state index contributed by atoms with van der Waals surface area (Å²) in [7, 11) is 0. The number of carboxylic acid groups (broad SMARTS) is 1. The first-order valence-corrected chi connectivity index (χ1v) is 10.3. The highest BCUT2D eigenvalue weighted by Gasteiger charge is 2.28. The predicted molar refractivity (Wildman–Crippen MR) is 116 cm³/mol. The first kappa shape index (κ1) is 25.4. The monoisotopic (exact) mass is 438 g/mol. The van der Waals surface area contributed by atoms with Gasteiger partial charge in [0.2, 0.25) is 17.7 Å². The molecule has 166 valence electrons. The van der Waals surface area contributed by atoms with Crippen molar-refractivity contribution in [2.75, 3.05) is 12.3 Å². The van der Waals surface area contributed by atoms with Gasteiger partial charge in [0.25, 0.3) is 0 Å². The Morgan fingerprint density at radius 2 is 1.60 bits per heavy atom. The van der Waals surface area contributed by atoms with E-state index < -0.39 is 48.4 Å². The van der Waals surface area contributed by atoms with Gasteiger partial charge >= 0.3 is 5.97 Å². The van der Waals surface area contributed by atoms with Crippen LogP contribution in [-0.4, -0.2) is 59.2 Å². The van der Waals surface area contributed by atoms with Crippen LogP contribution in [-0.2, 0) is 25.6 Å². The molecule has 1 aromatic carbocycles. The van der Waals surface area contributed by atoms with E-state index in [1.807, 2.05) is 44.2 Å². The number of carboxylic acids is 1. The average molecular weight is 439 g/mol. The number of hydrogen-bond acceptors (Lipinski definition) is 6. The van der Waals surface area contributed by atoms with Gasteiger partial charge in [0.1, 0.15) is 18.6 Å². The fourth-order valence-electron chi connectivity index (χ4n) is 2.69. The number of thiol groups is 1. The molecule has 0 aliphatic carbocycles. The van der Waals surface area contributed by atoms with Crippen molar-refractivity contribution in [3.8, 4) is 0 Å². The fraction of sp³-hybridized carbons (Fsp3) is 0.500. The Hall–Kier alpha value is -2.59. The number of nitrogens with two attached hydrogens (primary N) is 1. The van der Waals surface area contributed by atoms with Crippen LogP contribution in [0.25, 0.3) is 0 Å². The second kappa shape index (κ2) is 12.9. The van der Waals surface area contributed by atoms with Gasteiger partial charge in [-0.05, 0) is 24.3 Å². The van der Waals surface area contributed by atoms with E-state index in [9.17, 15) is 19.2 Å². The number of nitrogens with one attached hydrogen (secondary N) is 3. The van der Waals surface area contributed by atoms with Gasteiger partial charge in [-0.1, -0.05) is 44.2 Å². The van der Waals surface area contributed by atoms with Crippen LogP contribution in [0.2, 0.25) is 0 Å². The zero-order chi connectivity index (χ0) is 22.7. The number of rotatable bonds is 12. The minimum atomic E-state index is -1.20. The lowest BCUT2D eigenvalue weighted by molar-refractivity contribution is -0.138. The molecule has 3 atom stereocenters. The van der Waals surface area contributed by atoms with Crippen molar-refractivity contribution in [1.29, 1.82) is 0 Å². The Labute approximate surface area is 181 Å². The van der Waals surface area contributed by atoms with Crippen molar-refractivity contribution in [3.63, 3.8) is 0 Å². The molecular formula is C20H30N4O5S. The van der Waals surface area contributed by atoms with Crippen LogP contribution < -0.4 is 21.7 Å². The number of carbonyl (C=O) groups excluding carboxylic acids is 3. The van der Waals surface area contributed by atoms with Crippen LogP contribution in [0.3, 0.4) is 0 Å². The summed E-state index contributed by atoms with van der Waals surface area (Å²) in [6.45, 7) is 3.22. The van der Waals surface area contributed by atoms with E-state index in [-0.39, 0.29) is 11.7 Å². The molecule has 0 saturated carbocycles. The molecule has 0 fully saturated rings. The van der Waals surface area contributed by atoms with Gasteiger partial charge in [0, 0.05) is 5.75 Å². The Morgan fingerprint density at radius 3 is 2.13 bits per heavy atom. The van der Waals surface area contributed by atoms with Gasteiger partial charge in [0.15, 0.2) is 0 Å². The van der Waals surface area contributed by atoms with Crippen LogP contribution in [0.5, 0.6) is 0 Å². The number of carbonyl (C=O) groups is 4. The summed E-state index contributed by atoms with van der Waals surface area (Å²) in [4.78, 5) is 47.9. The Kier molecular flexibility index (Phi) is 10.9. The lowest BCUT2D eigenvalue weighted by atomic mass is 10.0. The maximum absolute atomic E-state index is 12.7. The van der Waals surface area contributed by atoms with E-state index in [0.29, 0.717) is 12.8 Å². The van der Waals surface area contributed by atoms with Gasteiger partial charge in [0.05, 0.1) is 6.04 Å². The first-order chi connectivity index (χ1) is 14.1. The Morgan fingerprint density at radius 1 is 1.00 bits per heavy atom. The third kappa shape index (κ3) is 9.27. The molecule has 0 bridgehead atoms. The van der Waals surface area contributed by atoms with E-state index in [0.717, 1.165) is 5.56 Å². The van der Waals surface area contributed by atoms with E-state index in [4.69, 9.17) is 10.8 Å². The molecule has 0 heterocycles. The highest BCUT2D eigenvalue weighted by molar-refractivity contribution is 7.80. The fourth-order valence-corrected chi connectivity index (χ4v) is 2.95. The van der Waals surface area contributed by atoms with Crippen molar-refractivity contribution < 1.29 is 24.3 Å². The molecule has 0 aliphatic rings.